The van der Waals surface area contributed by atoms with E-state index in [1.54, 1.807) is 23.9 Å². The number of hydrogen-bond donors (Lipinski definition) is 1. The van der Waals surface area contributed by atoms with E-state index in [4.69, 9.17) is 17.3 Å². The number of nitrogens with zero attached hydrogens (tertiary/aromatic N) is 2. The molecule has 1 heterocycles. The topological polar surface area (TPSA) is 43.8 Å². The molecule has 0 aliphatic heterocycles. The molecule has 1 aromatic heterocycles. The van der Waals surface area contributed by atoms with Crippen LogP contribution in [0.5, 0.6) is 0 Å². The monoisotopic (exact) mass is 267 g/mol. The summed E-state index contributed by atoms with van der Waals surface area (Å²) >= 11 is 5.75. The Hall–Kier alpha value is -1.55. The average molecular weight is 268 g/mol. The van der Waals surface area contributed by atoms with Crippen LogP contribution in [0.1, 0.15) is 18.9 Å². The van der Waals surface area contributed by atoms with E-state index in [1.165, 1.54) is 6.07 Å². The van der Waals surface area contributed by atoms with Gasteiger partial charge < -0.3 is 5.73 Å². The maximum Gasteiger partial charge on any atom is 0.134 e. The molecule has 2 N–H and O–H groups in total. The van der Waals surface area contributed by atoms with Gasteiger partial charge >= 0.3 is 0 Å². The summed E-state index contributed by atoms with van der Waals surface area (Å²) in [5, 5.41) is 4.67. The highest BCUT2D eigenvalue weighted by atomic mass is 35.5. The third-order valence-corrected chi connectivity index (χ3v) is 3.12. The zero-order valence-electron chi connectivity index (χ0n) is 10.4. The van der Waals surface area contributed by atoms with Gasteiger partial charge in [0.1, 0.15) is 17.3 Å². The number of aryl methyl sites for hydroxylation is 1. The van der Waals surface area contributed by atoms with Gasteiger partial charge in [-0.05, 0) is 24.6 Å². The first kappa shape index (κ1) is 12.9. The first-order valence-corrected chi connectivity index (χ1v) is 6.19. The summed E-state index contributed by atoms with van der Waals surface area (Å²) in [6.45, 7) is 2.05. The number of nitrogens with two attached hydrogens (primary N) is 1. The average Bonchev–Trinajstić information content (AvgIpc) is 2.58. The molecule has 0 saturated heterocycles. The largest absolute Gasteiger partial charge is 0.384 e. The van der Waals surface area contributed by atoms with Gasteiger partial charge in [0.05, 0.1) is 0 Å². The van der Waals surface area contributed by atoms with E-state index in [1.807, 2.05) is 0 Å². The molecule has 18 heavy (non-hydrogen) atoms. The Morgan fingerprint density at radius 2 is 2.17 bits per heavy atom. The van der Waals surface area contributed by atoms with Gasteiger partial charge in [-0.25, -0.2) is 4.39 Å². The second-order valence-electron chi connectivity index (χ2n) is 4.21. The van der Waals surface area contributed by atoms with Crippen LogP contribution >= 0.6 is 11.6 Å². The number of hydrogen-bond acceptors (Lipinski definition) is 2. The lowest BCUT2D eigenvalue weighted by Gasteiger charge is -2.04. The van der Waals surface area contributed by atoms with Gasteiger partial charge in [-0.3, -0.25) is 4.68 Å². The number of benzene rings is 1. The normalized spacial score (nSPS) is 10.9. The molecule has 2 aromatic rings. The van der Waals surface area contributed by atoms with E-state index in [0.717, 1.165) is 18.4 Å². The first-order valence-electron chi connectivity index (χ1n) is 5.81. The van der Waals surface area contributed by atoms with Gasteiger partial charge in [-0.2, -0.15) is 5.10 Å². The van der Waals surface area contributed by atoms with Crippen molar-refractivity contribution in [3.63, 3.8) is 0 Å². The summed E-state index contributed by atoms with van der Waals surface area (Å²) in [5.74, 6) is 0.208. The molecule has 0 unspecified atom stereocenters. The minimum Gasteiger partial charge on any atom is -0.384 e. The third kappa shape index (κ3) is 2.20. The second-order valence-corrected chi connectivity index (χ2v) is 4.65. The molecule has 96 valence electrons. The Balaban J connectivity index is 2.59. The van der Waals surface area contributed by atoms with Crippen LogP contribution in [0, 0.1) is 5.82 Å². The minimum absolute atomic E-state index is 0.372. The molecule has 0 amide bonds. The second kappa shape index (κ2) is 4.98. The molecular weight excluding hydrogens is 253 g/mol. The Bertz CT molecular complexity index is 578. The molecule has 0 spiro atoms. The van der Waals surface area contributed by atoms with Crippen molar-refractivity contribution in [3.05, 3.63) is 34.6 Å². The van der Waals surface area contributed by atoms with Crippen molar-refractivity contribution in [1.29, 1.82) is 0 Å². The summed E-state index contributed by atoms with van der Waals surface area (Å²) in [5.41, 5.74) is 7.89. The Kier molecular flexibility index (Phi) is 3.57. The maximum absolute atomic E-state index is 13.9. The first-order chi connectivity index (χ1) is 8.54. The zero-order chi connectivity index (χ0) is 13.3. The standard InChI is InChI=1S/C13H15ClFN3/c1-3-4-10-12(17-18(2)13(10)16)9-6-5-8(14)7-11(9)15/h5-7H,3-4,16H2,1-2H3. The lowest BCUT2D eigenvalue weighted by atomic mass is 10.0. The van der Waals surface area contributed by atoms with Crippen LogP contribution in [0.3, 0.4) is 0 Å². The highest BCUT2D eigenvalue weighted by Gasteiger charge is 2.17. The van der Waals surface area contributed by atoms with Crippen LogP contribution in [-0.2, 0) is 13.5 Å². The number of nitrogen functional groups attached to an aromatic ring is 1. The summed E-state index contributed by atoms with van der Waals surface area (Å²) in [6, 6.07) is 4.58. The summed E-state index contributed by atoms with van der Waals surface area (Å²) in [7, 11) is 1.76. The fraction of sp³-hybridized carbons (Fsp3) is 0.308. The van der Waals surface area contributed by atoms with E-state index >= 15 is 0 Å². The van der Waals surface area contributed by atoms with E-state index < -0.39 is 0 Å². The number of anilines is 1. The van der Waals surface area contributed by atoms with Crippen molar-refractivity contribution < 1.29 is 4.39 Å². The predicted molar refractivity (Wildman–Crippen MR) is 72.0 cm³/mol. The van der Waals surface area contributed by atoms with Gasteiger partial charge in [0, 0.05) is 23.2 Å². The van der Waals surface area contributed by atoms with Gasteiger partial charge in [0.2, 0.25) is 0 Å². The van der Waals surface area contributed by atoms with E-state index in [-0.39, 0.29) is 5.82 Å². The third-order valence-electron chi connectivity index (χ3n) is 2.88. The van der Waals surface area contributed by atoms with Crippen molar-refractivity contribution in [3.8, 4) is 11.3 Å². The molecular formula is C13H15ClFN3. The summed E-state index contributed by atoms with van der Waals surface area (Å²) < 4.78 is 15.5. The van der Waals surface area contributed by atoms with Crippen LogP contribution in [0.15, 0.2) is 18.2 Å². The molecule has 0 aliphatic carbocycles. The molecule has 0 fully saturated rings. The van der Waals surface area contributed by atoms with E-state index in [9.17, 15) is 4.39 Å². The summed E-state index contributed by atoms with van der Waals surface area (Å²) in [6.07, 6.45) is 1.70. The van der Waals surface area contributed by atoms with Gasteiger partial charge in [-0.1, -0.05) is 24.9 Å². The highest BCUT2D eigenvalue weighted by Crippen LogP contribution is 2.30. The Labute approximate surface area is 110 Å². The number of halogens is 2. The van der Waals surface area contributed by atoms with Gasteiger partial charge in [-0.15, -0.1) is 0 Å². The smallest absolute Gasteiger partial charge is 0.134 e. The fourth-order valence-corrected chi connectivity index (χ4v) is 2.13. The fourth-order valence-electron chi connectivity index (χ4n) is 1.98. The van der Waals surface area contributed by atoms with Crippen molar-refractivity contribution in [2.45, 2.75) is 19.8 Å². The molecule has 0 atom stereocenters. The quantitative estimate of drug-likeness (QED) is 0.926. The molecule has 0 radical (unpaired) electrons. The minimum atomic E-state index is -0.377. The van der Waals surface area contributed by atoms with Crippen molar-refractivity contribution in [2.75, 3.05) is 5.73 Å². The zero-order valence-corrected chi connectivity index (χ0v) is 11.1. The SMILES string of the molecule is CCCc1c(-c2ccc(Cl)cc2F)nn(C)c1N. The van der Waals surface area contributed by atoms with Crippen LogP contribution < -0.4 is 5.73 Å². The van der Waals surface area contributed by atoms with E-state index in [2.05, 4.69) is 12.0 Å². The predicted octanol–water partition coefficient (Wildman–Crippen LogP) is 3.41. The lowest BCUT2D eigenvalue weighted by Crippen LogP contribution is -1.99. The summed E-state index contributed by atoms with van der Waals surface area (Å²) in [4.78, 5) is 0. The molecule has 5 heteroatoms. The van der Waals surface area contributed by atoms with Gasteiger partial charge in [0.15, 0.2) is 0 Å². The number of aromatic nitrogens is 2. The Morgan fingerprint density at radius 3 is 2.78 bits per heavy atom. The molecule has 0 bridgehead atoms. The van der Waals surface area contributed by atoms with Crippen LogP contribution in [0.25, 0.3) is 11.3 Å². The van der Waals surface area contributed by atoms with Gasteiger partial charge in [0.25, 0.3) is 0 Å². The molecule has 1 aromatic carbocycles. The van der Waals surface area contributed by atoms with Crippen molar-refractivity contribution in [2.24, 2.45) is 7.05 Å². The van der Waals surface area contributed by atoms with E-state index in [0.29, 0.717) is 22.1 Å². The molecule has 0 aliphatic rings. The highest BCUT2D eigenvalue weighted by molar-refractivity contribution is 6.30. The van der Waals surface area contributed by atoms with Crippen molar-refractivity contribution in [1.82, 2.24) is 9.78 Å². The molecule has 2 rings (SSSR count). The Morgan fingerprint density at radius 1 is 1.44 bits per heavy atom. The lowest BCUT2D eigenvalue weighted by molar-refractivity contribution is 0.630. The number of rotatable bonds is 3. The molecule has 3 nitrogen and oxygen atoms in total. The van der Waals surface area contributed by atoms with Crippen LogP contribution in [-0.4, -0.2) is 9.78 Å². The van der Waals surface area contributed by atoms with Crippen LogP contribution in [0.2, 0.25) is 5.02 Å². The molecule has 0 saturated carbocycles. The van der Waals surface area contributed by atoms with Crippen molar-refractivity contribution >= 4 is 17.4 Å². The maximum atomic E-state index is 13.9. The van der Waals surface area contributed by atoms with Crippen LogP contribution in [0.4, 0.5) is 10.2 Å².